The minimum atomic E-state index is -0.429. The molecule has 0 aliphatic heterocycles. The zero-order valence-corrected chi connectivity index (χ0v) is 30.1. The predicted molar refractivity (Wildman–Crippen MR) is 237 cm³/mol. The van der Waals surface area contributed by atoms with Crippen LogP contribution in [0.1, 0.15) is 9.60 Å². The monoisotopic (exact) mass is 719 g/mol. The first-order chi connectivity index (χ1) is 30.7. The van der Waals surface area contributed by atoms with Crippen LogP contribution in [0.4, 0.5) is 0 Å². The van der Waals surface area contributed by atoms with Crippen molar-refractivity contribution in [2.24, 2.45) is 0 Å². The van der Waals surface area contributed by atoms with Gasteiger partial charge in [0.2, 0.25) is 0 Å². The average molecular weight is 720 g/mol. The van der Waals surface area contributed by atoms with E-state index in [0.717, 1.165) is 60.9 Å². The van der Waals surface area contributed by atoms with E-state index in [4.69, 9.17) is 2.74 Å². The van der Waals surface area contributed by atoms with Gasteiger partial charge in [-0.05, 0) is 99.5 Å². The van der Waals surface area contributed by atoms with Gasteiger partial charge in [-0.1, -0.05) is 158 Å². The Morgan fingerprint density at radius 1 is 0.321 bits per heavy atom. The summed E-state index contributed by atoms with van der Waals surface area (Å²) >= 11 is 0. The number of benzene rings is 9. The van der Waals surface area contributed by atoms with E-state index in [1.54, 1.807) is 4.57 Å². The van der Waals surface area contributed by atoms with Gasteiger partial charge in [0.15, 0.2) is 0 Å². The number of hydrogen-bond donors (Lipinski definition) is 0. The zero-order valence-electron chi connectivity index (χ0n) is 37.1. The van der Waals surface area contributed by atoms with Gasteiger partial charge in [0, 0.05) is 32.8 Å². The predicted octanol–water partition coefficient (Wildman–Crippen LogP) is 14.5. The van der Waals surface area contributed by atoms with Crippen molar-refractivity contribution in [1.82, 2.24) is 9.13 Å². The van der Waals surface area contributed by atoms with Gasteiger partial charge in [0.25, 0.3) is 0 Å². The average Bonchev–Trinajstić information content (AvgIpc) is 3.86. The van der Waals surface area contributed by atoms with Crippen molar-refractivity contribution < 1.29 is 9.60 Å². The zero-order chi connectivity index (χ0) is 43.1. The molecule has 0 aliphatic carbocycles. The summed E-state index contributed by atoms with van der Waals surface area (Å²) in [5.74, 6) is 0. The number of nitrogens with zero attached hydrogens (tertiary/aromatic N) is 2. The molecule has 2 nitrogen and oxygen atoms in total. The topological polar surface area (TPSA) is 9.86 Å². The van der Waals surface area contributed by atoms with Gasteiger partial charge in [-0.2, -0.15) is 0 Å². The van der Waals surface area contributed by atoms with Gasteiger partial charge in [0.1, 0.15) is 0 Å². The third-order valence-electron chi connectivity index (χ3n) is 10.8. The van der Waals surface area contributed by atoms with E-state index in [2.05, 4.69) is 53.1 Å². The molecule has 0 N–H and O–H groups in total. The molecule has 0 saturated heterocycles. The van der Waals surface area contributed by atoms with Crippen molar-refractivity contribution in [2.75, 3.05) is 0 Å². The molecule has 2 aromatic heterocycles. The quantitative estimate of drug-likeness (QED) is 0.162. The normalized spacial score (nSPS) is 13.3. The summed E-state index contributed by atoms with van der Waals surface area (Å²) in [5.41, 5.74) is 10.3. The Morgan fingerprint density at radius 3 is 1.64 bits per heavy atom. The van der Waals surface area contributed by atoms with Crippen LogP contribution in [-0.4, -0.2) is 9.13 Å². The van der Waals surface area contributed by atoms with E-state index in [9.17, 15) is 6.85 Å². The van der Waals surface area contributed by atoms with E-state index in [-0.39, 0.29) is 57.6 Å². The molecular weight excluding hydrogens is 677 g/mol. The summed E-state index contributed by atoms with van der Waals surface area (Å²) in [5, 5.41) is 2.22. The van der Waals surface area contributed by atoms with Gasteiger partial charge in [-0.15, -0.1) is 0 Å². The first-order valence-electron chi connectivity index (χ1n) is 22.2. The molecule has 262 valence electrons. The Balaban J connectivity index is 1.21. The number of para-hydroxylation sites is 2. The van der Waals surface area contributed by atoms with Gasteiger partial charge in [-0.3, -0.25) is 0 Å². The van der Waals surface area contributed by atoms with Crippen LogP contribution < -0.4 is 0 Å². The van der Waals surface area contributed by atoms with Crippen molar-refractivity contribution in [1.29, 1.82) is 0 Å². The number of rotatable bonds is 6. The highest BCUT2D eigenvalue weighted by molar-refractivity contribution is 6.13. The van der Waals surface area contributed by atoms with E-state index in [1.165, 1.54) is 0 Å². The number of fused-ring (bicyclic) bond motifs is 6. The SMILES string of the molecule is [2H]c1c([2H])c([2H])c2c(c1[2H])c1c([2H])c(-c3ccc4c(c3)c3ccc(-c5ccccc5)cc3n4-c3ccccc3)c([2H])c([2H])c1n2-c1ccc(-c2ccccc2)cc1-c1ccccc1. The van der Waals surface area contributed by atoms with E-state index >= 15 is 0 Å². The number of aromatic nitrogens is 2. The molecule has 2 heteroatoms. The van der Waals surface area contributed by atoms with Crippen molar-refractivity contribution in [2.45, 2.75) is 0 Å². The Kier molecular flexibility index (Phi) is 6.01. The summed E-state index contributed by atoms with van der Waals surface area (Å²) in [4.78, 5) is 0. The molecule has 2 heterocycles. The highest BCUT2D eigenvalue weighted by Crippen LogP contribution is 2.41. The standard InChI is InChI=1S/C54H36N2/c1-5-15-37(16-6-1)40-26-30-51(47(33-40)39-19-9-3-10-20-39)56-50-24-14-13-23-45(50)48-34-42(28-32-53(48)56)41-27-31-52-49(35-41)46-29-25-43(38-17-7-2-8-18-38)36-54(46)55(52)44-21-11-4-12-22-44/h1-36H/i13D,14D,23D,24D,28D,32D,34D. The van der Waals surface area contributed by atoms with Crippen LogP contribution in [0.5, 0.6) is 0 Å². The molecule has 56 heavy (non-hydrogen) atoms. The van der Waals surface area contributed by atoms with Crippen LogP contribution in [0.2, 0.25) is 0 Å². The lowest BCUT2D eigenvalue weighted by molar-refractivity contribution is 1.18. The minimum absolute atomic E-state index is 0.0838. The molecule has 0 amide bonds. The molecule has 0 atom stereocenters. The first kappa shape index (κ1) is 25.6. The van der Waals surface area contributed by atoms with Gasteiger partial charge in [-0.25, -0.2) is 0 Å². The molecule has 0 radical (unpaired) electrons. The Hall–Kier alpha value is -7.42. The van der Waals surface area contributed by atoms with E-state index in [1.807, 2.05) is 127 Å². The smallest absolute Gasteiger partial charge is 0.0645 e. The van der Waals surface area contributed by atoms with Crippen LogP contribution in [0.25, 0.3) is 99.5 Å². The van der Waals surface area contributed by atoms with Crippen LogP contribution in [0, 0.1) is 0 Å². The second kappa shape index (κ2) is 13.2. The third kappa shape index (κ3) is 5.26. The van der Waals surface area contributed by atoms with Gasteiger partial charge >= 0.3 is 0 Å². The Bertz CT molecular complexity index is 3620. The molecule has 0 spiro atoms. The molecule has 9 aromatic carbocycles. The molecule has 0 saturated carbocycles. The lowest BCUT2D eigenvalue weighted by Crippen LogP contribution is -1.98. The van der Waals surface area contributed by atoms with Crippen LogP contribution in [-0.2, 0) is 0 Å². The molecule has 0 fully saturated rings. The molecular formula is C54H36N2. The lowest BCUT2D eigenvalue weighted by Gasteiger charge is -2.16. The Morgan fingerprint density at radius 2 is 0.911 bits per heavy atom. The second-order valence-electron chi connectivity index (χ2n) is 14.0. The van der Waals surface area contributed by atoms with Crippen molar-refractivity contribution in [3.8, 4) is 55.9 Å². The van der Waals surface area contributed by atoms with Crippen molar-refractivity contribution in [3.63, 3.8) is 0 Å². The molecule has 11 rings (SSSR count). The second-order valence-corrected chi connectivity index (χ2v) is 14.0. The van der Waals surface area contributed by atoms with Crippen molar-refractivity contribution >= 4 is 43.6 Å². The van der Waals surface area contributed by atoms with Gasteiger partial charge < -0.3 is 9.13 Å². The summed E-state index contributed by atoms with van der Waals surface area (Å²) in [6, 6.07) is 56.5. The van der Waals surface area contributed by atoms with Crippen LogP contribution in [0.15, 0.2) is 218 Å². The van der Waals surface area contributed by atoms with Crippen LogP contribution >= 0.6 is 0 Å². The first-order valence-corrected chi connectivity index (χ1v) is 18.7. The largest absolute Gasteiger partial charge is 0.309 e. The molecule has 0 aliphatic rings. The maximum atomic E-state index is 9.99. The highest BCUT2D eigenvalue weighted by atomic mass is 15.0. The summed E-state index contributed by atoms with van der Waals surface area (Å²) in [7, 11) is 0. The highest BCUT2D eigenvalue weighted by Gasteiger charge is 2.19. The van der Waals surface area contributed by atoms with Crippen molar-refractivity contribution in [3.05, 3.63) is 218 Å². The number of hydrogen-bond acceptors (Lipinski definition) is 0. The Labute approximate surface area is 335 Å². The van der Waals surface area contributed by atoms with E-state index < -0.39 is 12.1 Å². The van der Waals surface area contributed by atoms with Gasteiger partial charge in [0.05, 0.1) is 37.3 Å². The maximum absolute atomic E-state index is 9.99. The van der Waals surface area contributed by atoms with E-state index in [0.29, 0.717) is 11.3 Å². The maximum Gasteiger partial charge on any atom is 0.0645 e. The minimum Gasteiger partial charge on any atom is -0.309 e. The summed E-state index contributed by atoms with van der Waals surface area (Å²) in [6.07, 6.45) is 0. The fourth-order valence-corrected chi connectivity index (χ4v) is 8.13. The fourth-order valence-electron chi connectivity index (χ4n) is 8.13. The summed E-state index contributed by atoms with van der Waals surface area (Å²) < 4.78 is 69.6. The molecule has 11 aromatic rings. The third-order valence-corrected chi connectivity index (χ3v) is 10.8. The summed E-state index contributed by atoms with van der Waals surface area (Å²) in [6.45, 7) is 0. The lowest BCUT2D eigenvalue weighted by atomic mass is 9.97. The molecule has 0 unspecified atom stereocenters. The molecule has 0 bridgehead atoms. The fraction of sp³-hybridized carbons (Fsp3) is 0. The van der Waals surface area contributed by atoms with Crippen LogP contribution in [0.3, 0.4) is 0 Å².